The highest BCUT2D eigenvalue weighted by Gasteiger charge is 2.20. The number of rotatable bonds is 5. The predicted molar refractivity (Wildman–Crippen MR) is 107 cm³/mol. The van der Waals surface area contributed by atoms with E-state index in [9.17, 15) is 10.1 Å². The lowest BCUT2D eigenvalue weighted by atomic mass is 10.1. The van der Waals surface area contributed by atoms with Gasteiger partial charge >= 0.3 is 0 Å². The zero-order chi connectivity index (χ0) is 19.7. The van der Waals surface area contributed by atoms with Gasteiger partial charge in [0.25, 0.3) is 5.69 Å². The van der Waals surface area contributed by atoms with Gasteiger partial charge in [-0.2, -0.15) is 5.10 Å². The van der Waals surface area contributed by atoms with Crippen molar-refractivity contribution in [2.45, 2.75) is 27.1 Å². The number of nitro groups is 1. The second kappa shape index (κ2) is 7.65. The van der Waals surface area contributed by atoms with Gasteiger partial charge in [0.1, 0.15) is 6.20 Å². The minimum atomic E-state index is -0.420. The van der Waals surface area contributed by atoms with E-state index in [0.717, 1.165) is 43.8 Å². The molecule has 1 fully saturated rings. The van der Waals surface area contributed by atoms with E-state index in [2.05, 4.69) is 51.1 Å². The molecule has 146 valence electrons. The Morgan fingerprint density at radius 1 is 1.11 bits per heavy atom. The van der Waals surface area contributed by atoms with Crippen molar-refractivity contribution in [3.05, 3.63) is 63.5 Å². The summed E-state index contributed by atoms with van der Waals surface area (Å²) in [6.45, 7) is 9.58. The van der Waals surface area contributed by atoms with Gasteiger partial charge in [-0.15, -0.1) is 0 Å². The van der Waals surface area contributed by atoms with Gasteiger partial charge in [0.2, 0.25) is 0 Å². The minimum Gasteiger partial charge on any atom is -0.297 e. The summed E-state index contributed by atoms with van der Waals surface area (Å²) in [5, 5.41) is 16.3. The monoisotopic (exact) mass is 380 g/mol. The van der Waals surface area contributed by atoms with Gasteiger partial charge in [-0.05, 0) is 25.0 Å². The number of piperazine rings is 1. The van der Waals surface area contributed by atoms with Crippen LogP contribution in [0.2, 0.25) is 0 Å². The first kappa shape index (κ1) is 18.5. The molecule has 3 heterocycles. The van der Waals surface area contributed by atoms with Gasteiger partial charge in [-0.3, -0.25) is 19.9 Å². The molecular formula is C20H24N6O2. The first-order chi connectivity index (χ1) is 13.5. The van der Waals surface area contributed by atoms with Crippen LogP contribution in [0.5, 0.6) is 0 Å². The van der Waals surface area contributed by atoms with Crippen LogP contribution in [0.3, 0.4) is 0 Å². The summed E-state index contributed by atoms with van der Waals surface area (Å²) in [7, 11) is 0. The molecule has 2 aromatic heterocycles. The van der Waals surface area contributed by atoms with Crippen LogP contribution < -0.4 is 0 Å². The quantitative estimate of drug-likeness (QED) is 0.500. The van der Waals surface area contributed by atoms with E-state index in [1.54, 1.807) is 6.07 Å². The first-order valence-corrected chi connectivity index (χ1v) is 9.48. The fourth-order valence-electron chi connectivity index (χ4n) is 3.71. The molecule has 1 aromatic carbocycles. The van der Waals surface area contributed by atoms with E-state index in [1.165, 1.54) is 17.3 Å². The molecule has 0 spiro atoms. The van der Waals surface area contributed by atoms with Crippen molar-refractivity contribution in [1.29, 1.82) is 0 Å². The summed E-state index contributed by atoms with van der Waals surface area (Å²) in [6, 6.07) is 10.1. The third-order valence-electron chi connectivity index (χ3n) is 5.42. The van der Waals surface area contributed by atoms with Crippen LogP contribution in [0.1, 0.15) is 16.8 Å². The Morgan fingerprint density at radius 2 is 1.82 bits per heavy atom. The van der Waals surface area contributed by atoms with Crippen LogP contribution in [0.4, 0.5) is 5.69 Å². The van der Waals surface area contributed by atoms with Crippen molar-refractivity contribution in [3.8, 4) is 0 Å². The number of benzene rings is 1. The fraction of sp³-hybridized carbons (Fsp3) is 0.400. The summed E-state index contributed by atoms with van der Waals surface area (Å²) in [4.78, 5) is 19.7. The van der Waals surface area contributed by atoms with Gasteiger partial charge in [-0.25, -0.2) is 9.67 Å². The Hall–Kier alpha value is -2.84. The topological polar surface area (TPSA) is 80.3 Å². The van der Waals surface area contributed by atoms with Crippen molar-refractivity contribution in [1.82, 2.24) is 24.6 Å². The summed E-state index contributed by atoms with van der Waals surface area (Å²) in [5.74, 6) is 0. The molecule has 1 aliphatic heterocycles. The van der Waals surface area contributed by atoms with Crippen molar-refractivity contribution < 1.29 is 4.92 Å². The lowest BCUT2D eigenvalue weighted by Gasteiger charge is -2.34. The van der Waals surface area contributed by atoms with Crippen molar-refractivity contribution >= 4 is 16.7 Å². The lowest BCUT2D eigenvalue weighted by Crippen LogP contribution is -2.46. The van der Waals surface area contributed by atoms with Crippen molar-refractivity contribution in [2.75, 3.05) is 26.2 Å². The Bertz CT molecular complexity index is 1010. The highest BCUT2D eigenvalue weighted by molar-refractivity contribution is 5.80. The standard InChI is InChI=1S/C20H24N6O2/c1-15-5-3-4-6-17(15)13-23-7-9-24(10-8-23)14-25-20-19(16(2)22-25)11-18(12-21-20)26(27)28/h3-6,11-12H,7-10,13-14H2,1-2H3. The Balaban J connectivity index is 1.41. The summed E-state index contributed by atoms with van der Waals surface area (Å²) < 4.78 is 1.85. The largest absolute Gasteiger partial charge is 0.297 e. The van der Waals surface area contributed by atoms with Crippen molar-refractivity contribution in [2.24, 2.45) is 0 Å². The van der Waals surface area contributed by atoms with Crippen LogP contribution >= 0.6 is 0 Å². The number of aryl methyl sites for hydroxylation is 2. The molecule has 0 bridgehead atoms. The molecule has 0 saturated carbocycles. The van der Waals surface area contributed by atoms with E-state index in [0.29, 0.717) is 12.3 Å². The maximum absolute atomic E-state index is 11.0. The number of aromatic nitrogens is 3. The van der Waals surface area contributed by atoms with Crippen LogP contribution in [0.25, 0.3) is 11.0 Å². The van der Waals surface area contributed by atoms with Crippen molar-refractivity contribution in [3.63, 3.8) is 0 Å². The van der Waals surface area contributed by atoms with Gasteiger partial charge in [0, 0.05) is 44.2 Å². The molecule has 1 saturated heterocycles. The minimum absolute atomic E-state index is 0.0000280. The molecule has 1 aliphatic rings. The van der Waals surface area contributed by atoms with Gasteiger partial charge in [-0.1, -0.05) is 24.3 Å². The molecule has 0 radical (unpaired) electrons. The fourth-order valence-corrected chi connectivity index (χ4v) is 3.71. The molecule has 0 N–H and O–H groups in total. The maximum atomic E-state index is 11.0. The number of hydrogen-bond donors (Lipinski definition) is 0. The van der Waals surface area contributed by atoms with E-state index < -0.39 is 4.92 Å². The third kappa shape index (κ3) is 3.74. The average molecular weight is 380 g/mol. The molecule has 3 aromatic rings. The molecule has 4 rings (SSSR count). The van der Waals surface area contributed by atoms with Crippen LogP contribution in [-0.2, 0) is 13.2 Å². The number of hydrogen-bond acceptors (Lipinski definition) is 6. The molecule has 0 atom stereocenters. The molecule has 0 amide bonds. The lowest BCUT2D eigenvalue weighted by molar-refractivity contribution is -0.385. The van der Waals surface area contributed by atoms with E-state index in [-0.39, 0.29) is 5.69 Å². The third-order valence-corrected chi connectivity index (χ3v) is 5.42. The zero-order valence-corrected chi connectivity index (χ0v) is 16.2. The molecular weight excluding hydrogens is 356 g/mol. The molecule has 8 heteroatoms. The zero-order valence-electron chi connectivity index (χ0n) is 16.2. The summed E-state index contributed by atoms with van der Waals surface area (Å²) >= 11 is 0. The van der Waals surface area contributed by atoms with Crippen LogP contribution in [0, 0.1) is 24.0 Å². The van der Waals surface area contributed by atoms with Crippen LogP contribution in [-0.4, -0.2) is 55.7 Å². The second-order valence-electron chi connectivity index (χ2n) is 7.37. The number of nitrogens with zero attached hydrogens (tertiary/aromatic N) is 6. The van der Waals surface area contributed by atoms with E-state index in [4.69, 9.17) is 0 Å². The number of fused-ring (bicyclic) bond motifs is 1. The molecule has 0 unspecified atom stereocenters. The smallest absolute Gasteiger partial charge is 0.288 e. The molecule has 0 aliphatic carbocycles. The highest BCUT2D eigenvalue weighted by Crippen LogP contribution is 2.22. The van der Waals surface area contributed by atoms with E-state index in [1.807, 2.05) is 11.6 Å². The number of pyridine rings is 1. The Labute approximate surface area is 163 Å². The normalized spacial score (nSPS) is 15.9. The SMILES string of the molecule is Cc1ccccc1CN1CCN(Cn2nc(C)c3cc([N+](=O)[O-])cnc32)CC1. The van der Waals surface area contributed by atoms with Gasteiger partial charge < -0.3 is 0 Å². The summed E-state index contributed by atoms with van der Waals surface area (Å²) in [6.07, 6.45) is 1.31. The van der Waals surface area contributed by atoms with Gasteiger partial charge in [0.15, 0.2) is 5.65 Å². The maximum Gasteiger partial charge on any atom is 0.288 e. The van der Waals surface area contributed by atoms with E-state index >= 15 is 0 Å². The van der Waals surface area contributed by atoms with Gasteiger partial charge in [0.05, 0.1) is 17.3 Å². The predicted octanol–water partition coefficient (Wildman–Crippen LogP) is 2.73. The molecule has 28 heavy (non-hydrogen) atoms. The first-order valence-electron chi connectivity index (χ1n) is 9.48. The average Bonchev–Trinajstić information content (AvgIpc) is 3.00. The Kier molecular flexibility index (Phi) is 5.06. The molecule has 8 nitrogen and oxygen atoms in total. The van der Waals surface area contributed by atoms with Crippen LogP contribution in [0.15, 0.2) is 36.5 Å². The highest BCUT2D eigenvalue weighted by atomic mass is 16.6. The summed E-state index contributed by atoms with van der Waals surface area (Å²) in [5.41, 5.74) is 4.19. The Morgan fingerprint density at radius 3 is 2.54 bits per heavy atom. The second-order valence-corrected chi connectivity index (χ2v) is 7.37.